The molecule has 2 heterocycles. The molecule has 0 bridgehead atoms. The first-order valence-corrected chi connectivity index (χ1v) is 9.34. The van der Waals surface area contributed by atoms with Crippen molar-refractivity contribution in [3.05, 3.63) is 66.1 Å². The minimum Gasteiger partial charge on any atom is -0.492 e. The molecule has 1 atom stereocenters. The molecule has 3 aromatic rings. The maximum atomic E-state index is 11.2. The second-order valence-corrected chi connectivity index (χ2v) is 6.47. The Kier molecular flexibility index (Phi) is 6.55. The third-order valence-electron chi connectivity index (χ3n) is 4.54. The lowest BCUT2D eigenvalue weighted by molar-refractivity contribution is -0.149. The number of carbonyl (C=O) groups is 1. The molecule has 0 fully saturated rings. The van der Waals surface area contributed by atoms with Gasteiger partial charge in [0.15, 0.2) is 6.10 Å². The monoisotopic (exact) mass is 383 g/mol. The second-order valence-electron chi connectivity index (χ2n) is 6.47. The molecular weight excluding hydrogens is 358 g/mol. The van der Waals surface area contributed by atoms with Gasteiger partial charge in [0.25, 0.3) is 0 Å². The predicted molar refractivity (Wildman–Crippen MR) is 106 cm³/mol. The lowest BCUT2D eigenvalue weighted by Crippen LogP contribution is -2.26. The third kappa shape index (κ3) is 4.84. The van der Waals surface area contributed by atoms with Crippen molar-refractivity contribution < 1.29 is 23.8 Å². The molecule has 2 aromatic heterocycles. The molecule has 0 aliphatic heterocycles. The van der Waals surface area contributed by atoms with Crippen LogP contribution in [0.4, 0.5) is 0 Å². The van der Waals surface area contributed by atoms with Crippen molar-refractivity contribution >= 4 is 5.97 Å². The third-order valence-corrected chi connectivity index (χ3v) is 4.54. The molecule has 6 heteroatoms. The Bertz CT molecular complexity index is 880. The van der Waals surface area contributed by atoms with Gasteiger partial charge in [0.05, 0.1) is 18.5 Å². The highest BCUT2D eigenvalue weighted by Gasteiger charge is 2.17. The number of rotatable bonds is 10. The fourth-order valence-electron chi connectivity index (χ4n) is 3.12. The summed E-state index contributed by atoms with van der Waals surface area (Å²) in [5.74, 6) is 0.632. The van der Waals surface area contributed by atoms with Crippen molar-refractivity contribution in [1.82, 2.24) is 4.57 Å². The van der Waals surface area contributed by atoms with Crippen molar-refractivity contribution in [2.24, 2.45) is 0 Å². The summed E-state index contributed by atoms with van der Waals surface area (Å²) in [7, 11) is 0. The summed E-state index contributed by atoms with van der Waals surface area (Å²) in [5, 5.41) is 9.18. The largest absolute Gasteiger partial charge is 0.492 e. The number of nitrogens with zero attached hydrogens (tertiary/aromatic N) is 1. The Morgan fingerprint density at radius 3 is 2.61 bits per heavy atom. The van der Waals surface area contributed by atoms with Crippen LogP contribution in [0.25, 0.3) is 11.5 Å². The number of hydrogen-bond donors (Lipinski definition) is 1. The molecule has 6 nitrogen and oxygen atoms in total. The minimum absolute atomic E-state index is 0.332. The van der Waals surface area contributed by atoms with E-state index in [1.807, 2.05) is 42.5 Å². The lowest BCUT2D eigenvalue weighted by Gasteiger charge is -2.14. The zero-order valence-corrected chi connectivity index (χ0v) is 16.1. The van der Waals surface area contributed by atoms with Crippen LogP contribution in [0.3, 0.4) is 0 Å². The van der Waals surface area contributed by atoms with Gasteiger partial charge in [-0.3, -0.25) is 0 Å². The summed E-state index contributed by atoms with van der Waals surface area (Å²) in [5.41, 5.74) is 3.06. The van der Waals surface area contributed by atoms with Gasteiger partial charge in [-0.05, 0) is 55.8 Å². The number of furan rings is 1. The molecular formula is C22H25NO5. The van der Waals surface area contributed by atoms with Gasteiger partial charge in [0.1, 0.15) is 18.1 Å². The summed E-state index contributed by atoms with van der Waals surface area (Å²) in [6, 6.07) is 15.4. The maximum absolute atomic E-state index is 11.2. The summed E-state index contributed by atoms with van der Waals surface area (Å²) in [4.78, 5) is 11.2. The highest BCUT2D eigenvalue weighted by Crippen LogP contribution is 2.23. The van der Waals surface area contributed by atoms with Gasteiger partial charge in [0, 0.05) is 18.7 Å². The van der Waals surface area contributed by atoms with Gasteiger partial charge in [-0.1, -0.05) is 12.1 Å². The number of aryl methyl sites for hydroxylation is 1. The number of aromatic nitrogens is 1. The van der Waals surface area contributed by atoms with Crippen LogP contribution in [0, 0.1) is 6.92 Å². The van der Waals surface area contributed by atoms with E-state index in [2.05, 4.69) is 17.6 Å². The Morgan fingerprint density at radius 2 is 1.96 bits per heavy atom. The van der Waals surface area contributed by atoms with Crippen LogP contribution in [-0.4, -0.2) is 35.0 Å². The number of hydrogen-bond acceptors (Lipinski definition) is 4. The molecule has 1 aromatic carbocycles. The zero-order valence-electron chi connectivity index (χ0n) is 16.1. The second kappa shape index (κ2) is 9.28. The number of ether oxygens (including phenoxy) is 2. The lowest BCUT2D eigenvalue weighted by atomic mass is 10.1. The van der Waals surface area contributed by atoms with E-state index in [-0.39, 0.29) is 0 Å². The standard InChI is InChI=1S/C22H25NO5/c1-3-26-21(22(24)25)15-17-7-9-18(10-8-17)27-14-12-23-16(2)6-11-19(23)20-5-4-13-28-20/h4-11,13,21H,3,12,14-15H2,1-2H3,(H,24,25). The van der Waals surface area contributed by atoms with E-state index in [0.29, 0.717) is 26.2 Å². The van der Waals surface area contributed by atoms with Gasteiger partial charge in [-0.15, -0.1) is 0 Å². The van der Waals surface area contributed by atoms with Crippen molar-refractivity contribution in [3.63, 3.8) is 0 Å². The topological polar surface area (TPSA) is 73.8 Å². The number of aliphatic carboxylic acids is 1. The molecule has 1 N–H and O–H groups in total. The van der Waals surface area contributed by atoms with Crippen molar-refractivity contribution in [1.29, 1.82) is 0 Å². The van der Waals surface area contributed by atoms with Crippen LogP contribution in [0.5, 0.6) is 5.75 Å². The van der Waals surface area contributed by atoms with Gasteiger partial charge in [-0.25, -0.2) is 4.79 Å². The molecule has 0 spiro atoms. The van der Waals surface area contributed by atoms with E-state index in [4.69, 9.17) is 13.9 Å². The summed E-state index contributed by atoms with van der Waals surface area (Å²) < 4.78 is 18.8. The first-order chi connectivity index (χ1) is 13.6. The van der Waals surface area contributed by atoms with Crippen LogP contribution in [-0.2, 0) is 22.5 Å². The minimum atomic E-state index is -0.948. The van der Waals surface area contributed by atoms with Gasteiger partial charge in [-0.2, -0.15) is 0 Å². The number of benzene rings is 1. The van der Waals surface area contributed by atoms with Gasteiger partial charge < -0.3 is 23.6 Å². The molecule has 28 heavy (non-hydrogen) atoms. The quantitative estimate of drug-likeness (QED) is 0.569. The SMILES string of the molecule is CCOC(Cc1ccc(OCCn2c(C)ccc2-c2ccco2)cc1)C(=O)O. The fraction of sp³-hybridized carbons (Fsp3) is 0.318. The van der Waals surface area contributed by atoms with E-state index in [1.54, 1.807) is 13.2 Å². The smallest absolute Gasteiger partial charge is 0.333 e. The Labute approximate surface area is 164 Å². The number of carboxylic acids is 1. The summed E-state index contributed by atoms with van der Waals surface area (Å²) >= 11 is 0. The van der Waals surface area contributed by atoms with E-state index >= 15 is 0 Å². The molecule has 148 valence electrons. The Hall–Kier alpha value is -2.99. The molecule has 0 amide bonds. The fourth-order valence-corrected chi connectivity index (χ4v) is 3.12. The number of carboxylic acid groups (broad SMARTS) is 1. The van der Waals surface area contributed by atoms with E-state index < -0.39 is 12.1 Å². The van der Waals surface area contributed by atoms with E-state index in [0.717, 1.165) is 28.5 Å². The first kappa shape index (κ1) is 19.8. The van der Waals surface area contributed by atoms with Gasteiger partial charge in [0.2, 0.25) is 0 Å². The van der Waals surface area contributed by atoms with Crippen LogP contribution < -0.4 is 4.74 Å². The van der Waals surface area contributed by atoms with Crippen molar-refractivity contribution in [2.75, 3.05) is 13.2 Å². The normalized spacial score (nSPS) is 12.1. The van der Waals surface area contributed by atoms with Crippen LogP contribution >= 0.6 is 0 Å². The van der Waals surface area contributed by atoms with E-state index in [9.17, 15) is 9.90 Å². The van der Waals surface area contributed by atoms with Crippen LogP contribution in [0.15, 0.2) is 59.2 Å². The zero-order chi connectivity index (χ0) is 19.9. The maximum Gasteiger partial charge on any atom is 0.333 e. The Morgan fingerprint density at radius 1 is 1.18 bits per heavy atom. The first-order valence-electron chi connectivity index (χ1n) is 9.34. The highest BCUT2D eigenvalue weighted by molar-refractivity contribution is 5.72. The average molecular weight is 383 g/mol. The molecule has 0 aliphatic rings. The molecule has 3 rings (SSSR count). The molecule has 1 unspecified atom stereocenters. The van der Waals surface area contributed by atoms with E-state index in [1.165, 1.54) is 0 Å². The molecule has 0 saturated heterocycles. The van der Waals surface area contributed by atoms with Crippen molar-refractivity contribution in [2.45, 2.75) is 32.9 Å². The molecule has 0 radical (unpaired) electrons. The highest BCUT2D eigenvalue weighted by atomic mass is 16.5. The van der Waals surface area contributed by atoms with Crippen LogP contribution in [0.1, 0.15) is 18.2 Å². The average Bonchev–Trinajstić information content (AvgIpc) is 3.33. The molecule has 0 aliphatic carbocycles. The predicted octanol–water partition coefficient (Wildman–Crippen LogP) is 4.17. The molecule has 0 saturated carbocycles. The van der Waals surface area contributed by atoms with Gasteiger partial charge >= 0.3 is 5.97 Å². The van der Waals surface area contributed by atoms with Crippen LogP contribution in [0.2, 0.25) is 0 Å². The Balaban J connectivity index is 1.56. The van der Waals surface area contributed by atoms with Crippen molar-refractivity contribution in [3.8, 4) is 17.2 Å². The summed E-state index contributed by atoms with van der Waals surface area (Å²) in [6.45, 7) is 5.42. The summed E-state index contributed by atoms with van der Waals surface area (Å²) in [6.07, 6.45) is 1.17.